The lowest BCUT2D eigenvalue weighted by atomic mass is 9.98. The third-order valence-corrected chi connectivity index (χ3v) is 22.1. The molecule has 670 valence electrons. The molecule has 0 spiro atoms. The van der Waals surface area contributed by atoms with Crippen LogP contribution in [0.5, 0.6) is 0 Å². The van der Waals surface area contributed by atoms with Gasteiger partial charge in [-0.2, -0.15) is 4.39 Å². The number of aromatic nitrogens is 4. The van der Waals surface area contributed by atoms with Gasteiger partial charge in [0.2, 0.25) is 29.6 Å². The number of carbonyl (C=O) groups excluding carboxylic acids is 8. The molecule has 0 fully saturated rings. The van der Waals surface area contributed by atoms with E-state index < -0.39 is 5.95 Å². The highest BCUT2D eigenvalue weighted by molar-refractivity contribution is 6.30. The first-order valence-electron chi connectivity index (χ1n) is 43.6. The van der Waals surface area contributed by atoms with Crippen LogP contribution in [0.3, 0.4) is 0 Å². The molecular formula is C106H115ClFN9O12. The van der Waals surface area contributed by atoms with Crippen LogP contribution in [-0.2, 0) is 70.2 Å². The molecule has 0 aliphatic heterocycles. The molecular weight excluding hydrogens is 1650 g/mol. The number of nitrogens with two attached hydrogens (primary N) is 1. The minimum atomic E-state index is -0.527. The van der Waals surface area contributed by atoms with Gasteiger partial charge in [-0.05, 0) is 166 Å². The molecule has 0 aliphatic rings. The number of amides is 4. The van der Waals surface area contributed by atoms with E-state index in [-0.39, 0.29) is 53.2 Å². The number of aryl methyl sites for hydroxylation is 5. The van der Waals surface area contributed by atoms with Crippen LogP contribution in [0.1, 0.15) is 155 Å². The van der Waals surface area contributed by atoms with Crippen LogP contribution in [-0.4, -0.2) is 148 Å². The Morgan fingerprint density at radius 3 is 0.822 bits per heavy atom. The number of hydrogen-bond acceptors (Lipinski definition) is 17. The van der Waals surface area contributed by atoms with Crippen molar-refractivity contribution in [1.82, 2.24) is 19.9 Å². The number of methoxy groups -OCH3 is 4. The van der Waals surface area contributed by atoms with Gasteiger partial charge >= 0.3 is 0 Å². The zero-order valence-corrected chi connectivity index (χ0v) is 75.8. The van der Waals surface area contributed by atoms with Crippen molar-refractivity contribution in [1.29, 1.82) is 0 Å². The second-order valence-electron chi connectivity index (χ2n) is 30.2. The van der Waals surface area contributed by atoms with Gasteiger partial charge in [-0.3, -0.25) is 43.3 Å². The number of carbonyl (C=O) groups is 8. The molecule has 0 unspecified atom stereocenters. The van der Waals surface area contributed by atoms with E-state index in [1.54, 1.807) is 90.9 Å². The zero-order chi connectivity index (χ0) is 92.4. The number of anilines is 5. The van der Waals surface area contributed by atoms with Crippen LogP contribution in [0, 0.1) is 5.95 Å². The molecule has 0 saturated carbocycles. The average molecular weight is 1760 g/mol. The van der Waals surface area contributed by atoms with Crippen molar-refractivity contribution in [3.05, 3.63) is 329 Å². The van der Waals surface area contributed by atoms with E-state index in [1.165, 1.54) is 6.20 Å². The first kappa shape index (κ1) is 99.6. The molecule has 23 heteroatoms. The lowest BCUT2D eigenvalue weighted by Crippen LogP contribution is -2.33. The summed E-state index contributed by atoms with van der Waals surface area (Å²) >= 11 is 6.07. The number of Topliss-reactive ketones (excluding diaryl/α,β-unsaturated/α-hetero) is 4. The smallest absolute Gasteiger partial charge is 0.226 e. The molecule has 8 aromatic carbocycles. The van der Waals surface area contributed by atoms with Gasteiger partial charge in [0.25, 0.3) is 0 Å². The number of ketones is 4. The lowest BCUT2D eigenvalue weighted by Gasteiger charge is -2.22. The van der Waals surface area contributed by atoms with E-state index in [9.17, 15) is 42.7 Å². The largest absolute Gasteiger partial charge is 0.383 e. The normalized spacial score (nSPS) is 10.7. The molecule has 2 N–H and O–H groups in total. The van der Waals surface area contributed by atoms with Gasteiger partial charge in [-0.25, -0.2) is 15.0 Å². The molecule has 0 saturated heterocycles. The van der Waals surface area contributed by atoms with Gasteiger partial charge < -0.3 is 44.3 Å². The molecule has 0 atom stereocenters. The fourth-order valence-corrected chi connectivity index (χ4v) is 14.5. The van der Waals surface area contributed by atoms with Crippen LogP contribution in [0.15, 0.2) is 267 Å². The summed E-state index contributed by atoms with van der Waals surface area (Å²) in [6, 6.07) is 76.4. The number of ether oxygens (including phenoxy) is 4. The van der Waals surface area contributed by atoms with Crippen molar-refractivity contribution >= 4 is 86.9 Å². The van der Waals surface area contributed by atoms with Crippen LogP contribution in [0.25, 0.3) is 44.5 Å². The van der Waals surface area contributed by atoms with Crippen molar-refractivity contribution in [3.63, 3.8) is 0 Å². The van der Waals surface area contributed by atoms with Crippen LogP contribution in [0.2, 0.25) is 5.15 Å². The van der Waals surface area contributed by atoms with Crippen molar-refractivity contribution < 1.29 is 61.7 Å². The van der Waals surface area contributed by atoms with Gasteiger partial charge in [0.1, 0.15) is 11.0 Å². The van der Waals surface area contributed by atoms with E-state index in [0.29, 0.717) is 156 Å². The molecule has 12 aromatic rings. The van der Waals surface area contributed by atoms with Crippen LogP contribution >= 0.6 is 11.6 Å². The third-order valence-electron chi connectivity index (χ3n) is 21.8. The number of nitrogens with zero attached hydrogens (tertiary/aromatic N) is 8. The summed E-state index contributed by atoms with van der Waals surface area (Å²) in [5.74, 6) is 0.415. The number of hydrogen-bond donors (Lipinski definition) is 1. The highest BCUT2D eigenvalue weighted by Crippen LogP contribution is 2.31. The number of rotatable bonds is 41. The Bertz CT molecular complexity index is 5180. The van der Waals surface area contributed by atoms with E-state index in [2.05, 4.69) is 32.9 Å². The molecule has 12 rings (SSSR count). The Hall–Kier alpha value is -13.2. The number of nitrogen functional groups attached to an aromatic ring is 1. The zero-order valence-electron chi connectivity index (χ0n) is 75.1. The highest BCUT2D eigenvalue weighted by atomic mass is 35.5. The second-order valence-corrected chi connectivity index (χ2v) is 30.5. The Morgan fingerprint density at radius 2 is 0.550 bits per heavy atom. The Balaban J connectivity index is 0.000000194. The molecule has 4 aromatic heterocycles. The summed E-state index contributed by atoms with van der Waals surface area (Å²) in [7, 11) is 6.50. The first-order chi connectivity index (χ1) is 62.7. The van der Waals surface area contributed by atoms with Crippen LogP contribution in [0.4, 0.5) is 33.0 Å². The van der Waals surface area contributed by atoms with E-state index in [4.69, 9.17) is 36.3 Å². The monoisotopic (exact) mass is 1760 g/mol. The third kappa shape index (κ3) is 30.0. The van der Waals surface area contributed by atoms with Crippen LogP contribution < -0.4 is 25.3 Å². The topological polar surface area (TPSA) is 264 Å². The fourth-order valence-electron chi connectivity index (χ4n) is 14.3. The van der Waals surface area contributed by atoms with E-state index >= 15 is 0 Å². The molecule has 0 aliphatic carbocycles. The highest BCUT2D eigenvalue weighted by Gasteiger charge is 2.21. The summed E-state index contributed by atoms with van der Waals surface area (Å²) in [4.78, 5) is 122. The number of halogens is 2. The predicted octanol–water partition coefficient (Wildman–Crippen LogP) is 20.8. The van der Waals surface area contributed by atoms with Crippen molar-refractivity contribution in [2.45, 2.75) is 118 Å². The predicted molar refractivity (Wildman–Crippen MR) is 512 cm³/mol. The maximum Gasteiger partial charge on any atom is 0.226 e. The Morgan fingerprint density at radius 1 is 0.310 bits per heavy atom. The summed E-state index contributed by atoms with van der Waals surface area (Å²) in [6.45, 7) is 13.5. The maximum absolute atomic E-state index is 13.6. The Labute approximate surface area is 761 Å². The molecule has 4 heterocycles. The molecule has 0 radical (unpaired) electrons. The molecule has 4 amide bonds. The van der Waals surface area contributed by atoms with Gasteiger partial charge in [-0.1, -0.05) is 216 Å². The fraction of sp³-hybridized carbons (Fsp3) is 0.283. The summed E-state index contributed by atoms with van der Waals surface area (Å²) in [6.07, 6.45) is 12.7. The second kappa shape index (κ2) is 52.8. The van der Waals surface area contributed by atoms with Gasteiger partial charge in [0.05, 0.1) is 26.4 Å². The minimum Gasteiger partial charge on any atom is -0.383 e. The van der Waals surface area contributed by atoms with E-state index in [1.807, 2.05) is 240 Å². The average Bonchev–Trinajstić information content (AvgIpc) is 0.838. The number of pyridine rings is 4. The maximum atomic E-state index is 13.6. The summed E-state index contributed by atoms with van der Waals surface area (Å²) in [5, 5.41) is 0.445. The molecule has 21 nitrogen and oxygen atoms in total. The van der Waals surface area contributed by atoms with Crippen molar-refractivity contribution in [2.24, 2.45) is 0 Å². The SMILES string of the molecule is CCC(=O)N(CCOC)c1ccc(-c2ccc(C(=O)CCc3cccnc3CC)cc2)cc1.CCC(=O)N(CCOC)c1ccc(-c2ccc(C(=O)CCc3cccnc3Cl)cc2)cc1.CCC(=O)N(CCOC)c1ccc(-c2ccc(C(=O)CCc3cccnc3F)cc2)cc1.CCC(=O)N(CCOC)c1ccc(-c2ccc(C(=O)CCc3cccnc3N)cc2)cc1. The van der Waals surface area contributed by atoms with Gasteiger partial charge in [-0.15, -0.1) is 0 Å². The number of benzene rings is 8. The Kier molecular flexibility index (Phi) is 40.7. The van der Waals surface area contributed by atoms with Crippen molar-refractivity contribution in [2.75, 3.05) is 106 Å². The van der Waals surface area contributed by atoms with E-state index in [0.717, 1.165) is 102 Å². The minimum absolute atomic E-state index is 0.0398. The summed E-state index contributed by atoms with van der Waals surface area (Å²) in [5.41, 5.74) is 24.4. The summed E-state index contributed by atoms with van der Waals surface area (Å²) < 4.78 is 34.2. The lowest BCUT2D eigenvalue weighted by molar-refractivity contribution is -0.119. The quantitative estimate of drug-likeness (QED) is 0.0276. The van der Waals surface area contributed by atoms with Gasteiger partial charge in [0, 0.05) is 187 Å². The standard InChI is InChI=1S/C28H32N2O3.C26H27ClN2O3.C26H27FN2O3.C26H29N3O3/c1-4-26-23(7-6-18-29-26)14-17-27(31)24-10-8-21(9-11-24)22-12-15-25(16-13-22)30(19-20-33-3)28(32)5-2;3*1-3-25(31)29(17-18-32-2)23-13-10-20(11-14-23)19-6-8-21(9-7-19)24(30)15-12-22-5-4-16-28-26(22)27/h6-13,15-16,18H,4-5,14,17,19-20H2,1-3H3;2*4-11,13-14,16H,3,12,15,17-18H2,1-2H3;4-11,13-14,16H,3,12,15,17-18H2,1-2H3,(H2,27,28). The molecule has 129 heavy (non-hydrogen) atoms. The van der Waals surface area contributed by atoms with Gasteiger partial charge in [0.15, 0.2) is 23.1 Å². The molecule has 0 bridgehead atoms. The first-order valence-corrected chi connectivity index (χ1v) is 44.0. The van der Waals surface area contributed by atoms with Crippen molar-refractivity contribution in [3.8, 4) is 44.5 Å².